The Bertz CT molecular complexity index is 451. The minimum absolute atomic E-state index is 0.209. The predicted octanol–water partition coefficient (Wildman–Crippen LogP) is 4.62. The van der Waals surface area contributed by atoms with E-state index in [4.69, 9.17) is 11.6 Å². The lowest BCUT2D eigenvalue weighted by atomic mass is 10.0. The van der Waals surface area contributed by atoms with Gasteiger partial charge in [0.05, 0.1) is 21.2 Å². The quantitative estimate of drug-likeness (QED) is 0.583. The van der Waals surface area contributed by atoms with Crippen LogP contribution >= 0.6 is 27.5 Å². The second kappa shape index (κ2) is 6.25. The van der Waals surface area contributed by atoms with Gasteiger partial charge in [-0.15, -0.1) is 11.6 Å². The van der Waals surface area contributed by atoms with Crippen LogP contribution in [0.1, 0.15) is 44.0 Å². The van der Waals surface area contributed by atoms with E-state index in [1.165, 1.54) is 30.5 Å². The van der Waals surface area contributed by atoms with Crippen LogP contribution < -0.4 is 0 Å². The second-order valence-electron chi connectivity index (χ2n) is 4.93. The lowest BCUT2D eigenvalue weighted by Crippen LogP contribution is -2.05. The Labute approximate surface area is 123 Å². The number of aromatic nitrogens is 2. The summed E-state index contributed by atoms with van der Waals surface area (Å²) in [6, 6.07) is 0. The summed E-state index contributed by atoms with van der Waals surface area (Å²) in [6.45, 7) is 5.10. The normalized spacial score (nSPS) is 20.7. The van der Waals surface area contributed by atoms with Crippen LogP contribution in [-0.4, -0.2) is 15.2 Å². The van der Waals surface area contributed by atoms with E-state index in [1.807, 2.05) is 6.92 Å². The average Bonchev–Trinajstić information content (AvgIpc) is 2.53. The van der Waals surface area contributed by atoms with Crippen LogP contribution in [0, 0.1) is 6.92 Å². The number of halogens is 2. The van der Waals surface area contributed by atoms with Crippen molar-refractivity contribution >= 4 is 27.5 Å². The highest BCUT2D eigenvalue weighted by Crippen LogP contribution is 2.28. The number of rotatable bonds is 3. The molecule has 1 aliphatic carbocycles. The lowest BCUT2D eigenvalue weighted by Gasteiger charge is -2.09. The van der Waals surface area contributed by atoms with Crippen LogP contribution in [0.3, 0.4) is 0 Å². The van der Waals surface area contributed by atoms with Crippen LogP contribution in [0.15, 0.2) is 16.1 Å². The van der Waals surface area contributed by atoms with E-state index in [0.29, 0.717) is 0 Å². The van der Waals surface area contributed by atoms with Crippen LogP contribution in [0.4, 0.5) is 0 Å². The molecule has 100 valence electrons. The first-order chi connectivity index (χ1) is 8.61. The Hall–Kier alpha value is -0.280. The van der Waals surface area contributed by atoms with E-state index in [0.717, 1.165) is 29.6 Å². The SMILES string of the molecule is CCn1nc(C)c(Br)c1CC1=CC(Cl)CCCC1. The van der Waals surface area contributed by atoms with Crippen molar-refractivity contribution in [2.45, 2.75) is 57.9 Å². The Kier molecular flexibility index (Phi) is 4.91. The molecule has 0 fully saturated rings. The van der Waals surface area contributed by atoms with E-state index in [1.54, 1.807) is 0 Å². The number of alkyl halides is 1. The van der Waals surface area contributed by atoms with Crippen molar-refractivity contribution in [2.75, 3.05) is 0 Å². The molecule has 0 amide bonds. The molecule has 0 saturated carbocycles. The molecule has 18 heavy (non-hydrogen) atoms. The average molecular weight is 332 g/mol. The number of hydrogen-bond donors (Lipinski definition) is 0. The van der Waals surface area contributed by atoms with Crippen molar-refractivity contribution < 1.29 is 0 Å². The van der Waals surface area contributed by atoms with Gasteiger partial charge in [-0.05, 0) is 49.0 Å². The number of hydrogen-bond acceptors (Lipinski definition) is 1. The first-order valence-electron chi connectivity index (χ1n) is 6.67. The van der Waals surface area contributed by atoms with Gasteiger partial charge in [-0.3, -0.25) is 4.68 Å². The molecule has 0 aliphatic heterocycles. The maximum absolute atomic E-state index is 6.29. The van der Waals surface area contributed by atoms with Gasteiger partial charge in [-0.25, -0.2) is 0 Å². The minimum atomic E-state index is 0.209. The molecule has 0 radical (unpaired) electrons. The highest BCUT2D eigenvalue weighted by molar-refractivity contribution is 9.10. The summed E-state index contributed by atoms with van der Waals surface area (Å²) in [5, 5.41) is 4.75. The van der Waals surface area contributed by atoms with Gasteiger partial charge in [0.25, 0.3) is 0 Å². The molecule has 1 heterocycles. The fraction of sp³-hybridized carbons (Fsp3) is 0.643. The molecule has 2 nitrogen and oxygen atoms in total. The molecule has 1 unspecified atom stereocenters. The number of aryl methyl sites for hydroxylation is 2. The fourth-order valence-electron chi connectivity index (χ4n) is 2.51. The third-order valence-corrected chi connectivity index (χ3v) is 4.87. The smallest absolute Gasteiger partial charge is 0.0738 e. The van der Waals surface area contributed by atoms with Crippen LogP contribution in [-0.2, 0) is 13.0 Å². The topological polar surface area (TPSA) is 17.8 Å². The van der Waals surface area contributed by atoms with Crippen molar-refractivity contribution in [1.82, 2.24) is 9.78 Å². The van der Waals surface area contributed by atoms with Crippen molar-refractivity contribution in [3.8, 4) is 0 Å². The van der Waals surface area contributed by atoms with Gasteiger partial charge in [-0.1, -0.05) is 18.1 Å². The van der Waals surface area contributed by atoms with E-state index >= 15 is 0 Å². The van der Waals surface area contributed by atoms with Crippen LogP contribution in [0.5, 0.6) is 0 Å². The lowest BCUT2D eigenvalue weighted by molar-refractivity contribution is 0.619. The summed E-state index contributed by atoms with van der Waals surface area (Å²) in [4.78, 5) is 0. The first-order valence-corrected chi connectivity index (χ1v) is 7.90. The third kappa shape index (κ3) is 3.18. The standard InChI is InChI=1S/C14H20BrClN2/c1-3-18-13(14(15)10(2)17-18)9-11-6-4-5-7-12(16)8-11/h8,12H,3-7,9H2,1-2H3. The summed E-state index contributed by atoms with van der Waals surface area (Å²) >= 11 is 9.95. The molecule has 1 aliphatic rings. The van der Waals surface area contributed by atoms with Gasteiger partial charge in [-0.2, -0.15) is 5.10 Å². The van der Waals surface area contributed by atoms with E-state index in [9.17, 15) is 0 Å². The van der Waals surface area contributed by atoms with Gasteiger partial charge in [0, 0.05) is 13.0 Å². The number of allylic oxidation sites excluding steroid dienone is 2. The summed E-state index contributed by atoms with van der Waals surface area (Å²) < 4.78 is 3.25. The van der Waals surface area contributed by atoms with Crippen molar-refractivity contribution in [3.63, 3.8) is 0 Å². The Morgan fingerprint density at radius 3 is 3.00 bits per heavy atom. The number of nitrogens with zero attached hydrogens (tertiary/aromatic N) is 2. The zero-order valence-electron chi connectivity index (χ0n) is 11.0. The fourth-order valence-corrected chi connectivity index (χ4v) is 3.27. The molecular formula is C14H20BrClN2. The van der Waals surface area contributed by atoms with Gasteiger partial charge < -0.3 is 0 Å². The molecule has 0 N–H and O–H groups in total. The summed E-state index contributed by atoms with van der Waals surface area (Å²) in [6.07, 6.45) is 8.00. The molecule has 1 aromatic rings. The van der Waals surface area contributed by atoms with Gasteiger partial charge in [0.15, 0.2) is 0 Å². The maximum atomic E-state index is 6.29. The Balaban J connectivity index is 2.22. The van der Waals surface area contributed by atoms with Gasteiger partial charge in [0.1, 0.15) is 0 Å². The molecule has 4 heteroatoms. The summed E-state index contributed by atoms with van der Waals surface area (Å²) in [5.41, 5.74) is 3.82. The molecular weight excluding hydrogens is 312 g/mol. The molecule has 1 atom stereocenters. The summed E-state index contributed by atoms with van der Waals surface area (Å²) in [7, 11) is 0. The molecule has 1 aromatic heterocycles. The van der Waals surface area contributed by atoms with Crippen molar-refractivity contribution in [3.05, 3.63) is 27.5 Å². The maximum Gasteiger partial charge on any atom is 0.0738 e. The first kappa shape index (κ1) is 14.1. The molecule has 0 saturated heterocycles. The van der Waals surface area contributed by atoms with E-state index in [2.05, 4.69) is 38.7 Å². The highest BCUT2D eigenvalue weighted by Gasteiger charge is 2.16. The van der Waals surface area contributed by atoms with Crippen molar-refractivity contribution in [1.29, 1.82) is 0 Å². The largest absolute Gasteiger partial charge is 0.268 e. The molecule has 2 rings (SSSR count). The Morgan fingerprint density at radius 2 is 2.28 bits per heavy atom. The third-order valence-electron chi connectivity index (χ3n) is 3.49. The minimum Gasteiger partial charge on any atom is -0.268 e. The van der Waals surface area contributed by atoms with E-state index in [-0.39, 0.29) is 5.38 Å². The predicted molar refractivity (Wildman–Crippen MR) is 80.2 cm³/mol. The Morgan fingerprint density at radius 1 is 1.50 bits per heavy atom. The molecule has 0 bridgehead atoms. The van der Waals surface area contributed by atoms with E-state index < -0.39 is 0 Å². The zero-order valence-corrected chi connectivity index (χ0v) is 13.4. The van der Waals surface area contributed by atoms with Crippen LogP contribution in [0.25, 0.3) is 0 Å². The second-order valence-corrected chi connectivity index (χ2v) is 6.28. The van der Waals surface area contributed by atoms with Gasteiger partial charge in [0.2, 0.25) is 0 Å². The van der Waals surface area contributed by atoms with Crippen molar-refractivity contribution in [2.24, 2.45) is 0 Å². The molecule has 0 spiro atoms. The van der Waals surface area contributed by atoms with Gasteiger partial charge >= 0.3 is 0 Å². The van der Waals surface area contributed by atoms with Crippen LogP contribution in [0.2, 0.25) is 0 Å². The summed E-state index contributed by atoms with van der Waals surface area (Å²) in [5.74, 6) is 0. The zero-order chi connectivity index (χ0) is 13.1. The monoisotopic (exact) mass is 330 g/mol. The highest BCUT2D eigenvalue weighted by atomic mass is 79.9. The molecule has 0 aromatic carbocycles.